The van der Waals surface area contributed by atoms with E-state index in [0.29, 0.717) is 44.8 Å². The van der Waals surface area contributed by atoms with E-state index < -0.39 is 11.8 Å². The second-order valence-electron chi connectivity index (χ2n) is 6.47. The maximum Gasteiger partial charge on any atom is 0.312 e. The smallest absolute Gasteiger partial charge is 0.312 e. The molecule has 0 aromatic heterocycles. The molecule has 0 bridgehead atoms. The van der Waals surface area contributed by atoms with Crippen LogP contribution in [0.25, 0.3) is 0 Å². The second-order valence-corrected chi connectivity index (χ2v) is 6.47. The Kier molecular flexibility index (Phi) is 7.15. The first-order chi connectivity index (χ1) is 12.5. The number of piperazine rings is 2. The molecule has 148 valence electrons. The van der Waals surface area contributed by atoms with E-state index in [9.17, 15) is 18.8 Å². The summed E-state index contributed by atoms with van der Waals surface area (Å²) >= 11 is 0. The Bertz CT molecular complexity index is 718. The van der Waals surface area contributed by atoms with Crippen molar-refractivity contribution in [2.75, 3.05) is 45.8 Å². The lowest BCUT2D eigenvalue weighted by molar-refractivity contribution is -0.158. The fourth-order valence-corrected chi connectivity index (χ4v) is 3.44. The number of nitrogens with one attached hydrogen (secondary N) is 1. The van der Waals surface area contributed by atoms with Crippen molar-refractivity contribution in [1.29, 1.82) is 0 Å². The monoisotopic (exact) mass is 398 g/mol. The van der Waals surface area contributed by atoms with E-state index in [1.54, 1.807) is 17.0 Å². The molecule has 9 heteroatoms. The van der Waals surface area contributed by atoms with Gasteiger partial charge in [0.25, 0.3) is 0 Å². The van der Waals surface area contributed by atoms with Crippen LogP contribution in [0.2, 0.25) is 0 Å². The van der Waals surface area contributed by atoms with E-state index >= 15 is 0 Å². The number of rotatable bonds is 4. The predicted octanol–water partition coefficient (Wildman–Crippen LogP) is 0.411. The van der Waals surface area contributed by atoms with E-state index in [1.807, 2.05) is 6.92 Å². The summed E-state index contributed by atoms with van der Waals surface area (Å²) in [6.45, 7) is 4.57. The van der Waals surface area contributed by atoms with Gasteiger partial charge in [0.15, 0.2) is 0 Å². The van der Waals surface area contributed by atoms with Crippen molar-refractivity contribution in [3.8, 4) is 0 Å². The molecule has 3 rings (SSSR count). The predicted molar refractivity (Wildman–Crippen MR) is 99.8 cm³/mol. The maximum absolute atomic E-state index is 13.6. The van der Waals surface area contributed by atoms with E-state index in [0.717, 1.165) is 0 Å². The van der Waals surface area contributed by atoms with Crippen molar-refractivity contribution in [3.63, 3.8) is 0 Å². The third-order valence-corrected chi connectivity index (χ3v) is 4.90. The third-order valence-electron chi connectivity index (χ3n) is 4.90. The van der Waals surface area contributed by atoms with Crippen LogP contribution in [0.3, 0.4) is 0 Å². The molecular formula is C18H24ClFN4O3. The van der Waals surface area contributed by atoms with Crippen LogP contribution in [0, 0.1) is 5.82 Å². The molecule has 2 heterocycles. The summed E-state index contributed by atoms with van der Waals surface area (Å²) in [5.74, 6) is -1.78. The number of carbonyl (C=O) groups excluding carboxylic acids is 3. The standard InChI is InChI=1S/C18H23FN4O3.ClH/c1-2-21-8-9-22(18(26)17(21)25)12-16(24)23-7-6-20-11-15(23)13-4-3-5-14(19)10-13;/h3-5,10,15,20H,2,6-9,11-12H2,1H3;1H. The summed E-state index contributed by atoms with van der Waals surface area (Å²) in [5.41, 5.74) is 0.712. The van der Waals surface area contributed by atoms with Crippen LogP contribution in [0.4, 0.5) is 4.39 Å². The van der Waals surface area contributed by atoms with E-state index in [2.05, 4.69) is 5.32 Å². The highest BCUT2D eigenvalue weighted by Crippen LogP contribution is 2.23. The van der Waals surface area contributed by atoms with Gasteiger partial charge in [0.2, 0.25) is 5.91 Å². The molecule has 7 nitrogen and oxygen atoms in total. The van der Waals surface area contributed by atoms with Gasteiger partial charge < -0.3 is 20.0 Å². The molecule has 2 saturated heterocycles. The number of amides is 3. The van der Waals surface area contributed by atoms with Gasteiger partial charge >= 0.3 is 11.8 Å². The molecule has 1 aromatic carbocycles. The fourth-order valence-electron chi connectivity index (χ4n) is 3.44. The molecule has 2 aliphatic heterocycles. The Morgan fingerprint density at radius 1 is 1.19 bits per heavy atom. The first kappa shape index (κ1) is 21.1. The van der Waals surface area contributed by atoms with Crippen LogP contribution in [-0.4, -0.2) is 78.2 Å². The first-order valence-electron chi connectivity index (χ1n) is 8.85. The lowest BCUT2D eigenvalue weighted by Gasteiger charge is -2.39. The molecule has 0 saturated carbocycles. The molecule has 3 amide bonds. The number of hydrogen-bond acceptors (Lipinski definition) is 4. The van der Waals surface area contributed by atoms with Crippen LogP contribution in [-0.2, 0) is 14.4 Å². The molecule has 1 N–H and O–H groups in total. The van der Waals surface area contributed by atoms with Gasteiger partial charge in [-0.15, -0.1) is 12.4 Å². The molecule has 2 fully saturated rings. The SMILES string of the molecule is CCN1CCN(CC(=O)N2CCNCC2c2cccc(F)c2)C(=O)C1=O.Cl. The van der Waals surface area contributed by atoms with Gasteiger partial charge in [-0.25, -0.2) is 4.39 Å². The van der Waals surface area contributed by atoms with Gasteiger partial charge in [-0.1, -0.05) is 12.1 Å². The normalized spacial score (nSPS) is 20.5. The minimum Gasteiger partial charge on any atom is -0.333 e. The largest absolute Gasteiger partial charge is 0.333 e. The summed E-state index contributed by atoms with van der Waals surface area (Å²) in [5, 5.41) is 3.21. The molecule has 0 aliphatic carbocycles. The average molecular weight is 399 g/mol. The quantitative estimate of drug-likeness (QED) is 0.746. The van der Waals surface area contributed by atoms with Crippen LogP contribution in [0.1, 0.15) is 18.5 Å². The van der Waals surface area contributed by atoms with Crippen molar-refractivity contribution >= 4 is 30.1 Å². The zero-order chi connectivity index (χ0) is 18.7. The summed E-state index contributed by atoms with van der Waals surface area (Å²) < 4.78 is 13.6. The van der Waals surface area contributed by atoms with Crippen molar-refractivity contribution in [1.82, 2.24) is 20.0 Å². The van der Waals surface area contributed by atoms with Crippen LogP contribution in [0.15, 0.2) is 24.3 Å². The van der Waals surface area contributed by atoms with Crippen LogP contribution < -0.4 is 5.32 Å². The zero-order valence-electron chi connectivity index (χ0n) is 15.2. The van der Waals surface area contributed by atoms with E-state index in [1.165, 1.54) is 21.9 Å². The molecule has 0 spiro atoms. The molecule has 0 radical (unpaired) electrons. The molecule has 1 aromatic rings. The summed E-state index contributed by atoms with van der Waals surface area (Å²) in [7, 11) is 0. The Balaban J connectivity index is 0.00000261. The van der Waals surface area contributed by atoms with Gasteiger partial charge in [0.1, 0.15) is 12.4 Å². The van der Waals surface area contributed by atoms with Gasteiger partial charge in [-0.3, -0.25) is 14.4 Å². The lowest BCUT2D eigenvalue weighted by atomic mass is 10.0. The third kappa shape index (κ3) is 4.56. The number of benzene rings is 1. The minimum absolute atomic E-state index is 0. The molecule has 27 heavy (non-hydrogen) atoms. The van der Waals surface area contributed by atoms with Crippen molar-refractivity contribution in [2.24, 2.45) is 0 Å². The number of carbonyl (C=O) groups is 3. The van der Waals surface area contributed by atoms with E-state index in [-0.39, 0.29) is 36.7 Å². The highest BCUT2D eigenvalue weighted by molar-refractivity contribution is 6.35. The summed E-state index contributed by atoms with van der Waals surface area (Å²) in [6, 6.07) is 5.90. The number of nitrogens with zero attached hydrogens (tertiary/aromatic N) is 3. The fraction of sp³-hybridized carbons (Fsp3) is 0.500. The van der Waals surface area contributed by atoms with E-state index in [4.69, 9.17) is 0 Å². The summed E-state index contributed by atoms with van der Waals surface area (Å²) in [6.07, 6.45) is 0. The number of halogens is 2. The topological polar surface area (TPSA) is 73.0 Å². The highest BCUT2D eigenvalue weighted by Gasteiger charge is 2.35. The zero-order valence-corrected chi connectivity index (χ0v) is 16.0. The summed E-state index contributed by atoms with van der Waals surface area (Å²) in [4.78, 5) is 41.5. The van der Waals surface area contributed by atoms with Crippen LogP contribution in [0.5, 0.6) is 0 Å². The molecule has 1 atom stereocenters. The van der Waals surface area contributed by atoms with Crippen molar-refractivity contribution in [2.45, 2.75) is 13.0 Å². The van der Waals surface area contributed by atoms with Crippen molar-refractivity contribution in [3.05, 3.63) is 35.6 Å². The van der Waals surface area contributed by atoms with Gasteiger partial charge in [0, 0.05) is 39.3 Å². The highest BCUT2D eigenvalue weighted by atomic mass is 35.5. The minimum atomic E-state index is -0.635. The number of likely N-dealkylation sites (N-methyl/N-ethyl adjacent to an activating group) is 1. The van der Waals surface area contributed by atoms with Gasteiger partial charge in [-0.2, -0.15) is 0 Å². The lowest BCUT2D eigenvalue weighted by Crippen LogP contribution is -2.58. The second kappa shape index (κ2) is 9.14. The first-order valence-corrected chi connectivity index (χ1v) is 8.85. The Morgan fingerprint density at radius 3 is 2.59 bits per heavy atom. The van der Waals surface area contributed by atoms with Gasteiger partial charge in [0.05, 0.1) is 6.04 Å². The molecular weight excluding hydrogens is 375 g/mol. The number of hydrogen-bond donors (Lipinski definition) is 1. The molecule has 1 unspecified atom stereocenters. The Hall–Kier alpha value is -2.19. The maximum atomic E-state index is 13.6. The Labute approximate surface area is 163 Å². The average Bonchev–Trinajstić information content (AvgIpc) is 2.65. The Morgan fingerprint density at radius 2 is 1.89 bits per heavy atom. The van der Waals surface area contributed by atoms with Gasteiger partial charge in [-0.05, 0) is 24.6 Å². The van der Waals surface area contributed by atoms with Crippen LogP contribution >= 0.6 is 12.4 Å². The molecule has 2 aliphatic rings. The van der Waals surface area contributed by atoms with Crippen molar-refractivity contribution < 1.29 is 18.8 Å².